The highest BCUT2D eigenvalue weighted by atomic mass is 19.1. The SMILES string of the molecule is Cc1noc2nc(C3CC3)cc(C(=O)N3CCC=C(F)C3)c12. The molecule has 22 heavy (non-hydrogen) atoms. The Morgan fingerprint density at radius 1 is 1.45 bits per heavy atom. The smallest absolute Gasteiger partial charge is 0.259 e. The topological polar surface area (TPSA) is 59.2 Å². The van der Waals surface area contributed by atoms with Crippen molar-refractivity contribution >= 4 is 17.0 Å². The van der Waals surface area contributed by atoms with Gasteiger partial charge in [-0.05, 0) is 38.3 Å². The van der Waals surface area contributed by atoms with E-state index in [0.29, 0.717) is 41.2 Å². The van der Waals surface area contributed by atoms with Crippen LogP contribution in [0.15, 0.2) is 22.5 Å². The van der Waals surface area contributed by atoms with Crippen LogP contribution in [0.1, 0.15) is 46.9 Å². The molecular weight excluding hydrogens is 285 g/mol. The summed E-state index contributed by atoms with van der Waals surface area (Å²) in [6.45, 7) is 2.35. The zero-order valence-electron chi connectivity index (χ0n) is 12.3. The van der Waals surface area contributed by atoms with Crippen molar-refractivity contribution in [3.05, 3.63) is 34.9 Å². The Hall–Kier alpha value is -2.24. The Morgan fingerprint density at radius 2 is 2.27 bits per heavy atom. The second-order valence-corrected chi connectivity index (χ2v) is 5.98. The summed E-state index contributed by atoms with van der Waals surface area (Å²) < 4.78 is 18.7. The number of pyridine rings is 1. The molecule has 3 heterocycles. The fourth-order valence-electron chi connectivity index (χ4n) is 2.92. The fourth-order valence-corrected chi connectivity index (χ4v) is 2.92. The molecule has 0 unspecified atom stereocenters. The van der Waals surface area contributed by atoms with Gasteiger partial charge in [0.1, 0.15) is 5.83 Å². The number of hydrogen-bond acceptors (Lipinski definition) is 4. The molecule has 0 aromatic carbocycles. The number of hydrogen-bond donors (Lipinski definition) is 0. The molecule has 5 nitrogen and oxygen atoms in total. The van der Waals surface area contributed by atoms with Gasteiger partial charge < -0.3 is 9.42 Å². The van der Waals surface area contributed by atoms with E-state index < -0.39 is 0 Å². The summed E-state index contributed by atoms with van der Waals surface area (Å²) in [6.07, 6.45) is 4.25. The number of amides is 1. The summed E-state index contributed by atoms with van der Waals surface area (Å²) in [4.78, 5) is 18.9. The van der Waals surface area contributed by atoms with Gasteiger partial charge in [-0.2, -0.15) is 0 Å². The molecule has 0 spiro atoms. The van der Waals surface area contributed by atoms with Crippen LogP contribution in [0.3, 0.4) is 0 Å². The minimum absolute atomic E-state index is 0.0335. The van der Waals surface area contributed by atoms with Crippen LogP contribution < -0.4 is 0 Å². The van der Waals surface area contributed by atoms with Gasteiger partial charge in [-0.25, -0.2) is 9.37 Å². The van der Waals surface area contributed by atoms with Gasteiger partial charge >= 0.3 is 0 Å². The van der Waals surface area contributed by atoms with Crippen LogP contribution in [-0.4, -0.2) is 34.0 Å². The maximum Gasteiger partial charge on any atom is 0.259 e. The van der Waals surface area contributed by atoms with Crippen LogP contribution in [0.4, 0.5) is 4.39 Å². The lowest BCUT2D eigenvalue weighted by Crippen LogP contribution is -2.35. The molecule has 114 valence electrons. The molecule has 0 saturated heterocycles. The average Bonchev–Trinajstić information content (AvgIpc) is 3.30. The van der Waals surface area contributed by atoms with Crippen LogP contribution in [0.25, 0.3) is 11.1 Å². The summed E-state index contributed by atoms with van der Waals surface area (Å²) in [7, 11) is 0. The van der Waals surface area contributed by atoms with Crippen molar-refractivity contribution in [2.45, 2.75) is 32.1 Å². The number of carbonyl (C=O) groups is 1. The molecular formula is C16H16FN3O2. The van der Waals surface area contributed by atoms with Crippen molar-refractivity contribution in [3.63, 3.8) is 0 Å². The predicted molar refractivity (Wildman–Crippen MR) is 78.2 cm³/mol. The van der Waals surface area contributed by atoms with Crippen LogP contribution in [0.5, 0.6) is 0 Å². The molecule has 0 atom stereocenters. The Labute approximate surface area is 126 Å². The molecule has 0 radical (unpaired) electrons. The first-order valence-electron chi connectivity index (χ1n) is 7.54. The van der Waals surface area contributed by atoms with Crippen molar-refractivity contribution < 1.29 is 13.7 Å². The molecule has 1 fully saturated rings. The zero-order valence-corrected chi connectivity index (χ0v) is 12.3. The molecule has 4 rings (SSSR count). The molecule has 1 amide bonds. The standard InChI is InChI=1S/C16H16FN3O2/c1-9-14-12(16(21)20-6-2-3-11(17)8-20)7-13(10-4-5-10)18-15(14)22-19-9/h3,7,10H,2,4-6,8H2,1H3. The monoisotopic (exact) mass is 301 g/mol. The molecule has 1 aliphatic heterocycles. The summed E-state index contributed by atoms with van der Waals surface area (Å²) in [5.74, 6) is -0.0300. The maximum atomic E-state index is 13.5. The van der Waals surface area contributed by atoms with Crippen molar-refractivity contribution in [1.82, 2.24) is 15.0 Å². The van der Waals surface area contributed by atoms with Crippen molar-refractivity contribution in [3.8, 4) is 0 Å². The second kappa shape index (κ2) is 4.90. The minimum Gasteiger partial charge on any atom is -0.336 e. The molecule has 2 aromatic heterocycles. The maximum absolute atomic E-state index is 13.5. The molecule has 2 aromatic rings. The normalized spacial score (nSPS) is 18.6. The van der Waals surface area contributed by atoms with Crippen molar-refractivity contribution in [2.24, 2.45) is 0 Å². The number of halogens is 1. The average molecular weight is 301 g/mol. The summed E-state index contributed by atoms with van der Waals surface area (Å²) in [5, 5.41) is 4.57. The van der Waals surface area contributed by atoms with Crippen molar-refractivity contribution in [2.75, 3.05) is 13.1 Å². The molecule has 1 aliphatic carbocycles. The lowest BCUT2D eigenvalue weighted by atomic mass is 10.1. The molecule has 2 aliphatic rings. The van der Waals surface area contributed by atoms with Crippen LogP contribution >= 0.6 is 0 Å². The van der Waals surface area contributed by atoms with E-state index in [1.165, 1.54) is 11.0 Å². The highest BCUT2D eigenvalue weighted by molar-refractivity contribution is 6.06. The summed E-state index contributed by atoms with van der Waals surface area (Å²) in [5.41, 5.74) is 2.44. The van der Waals surface area contributed by atoms with Crippen LogP contribution in [0, 0.1) is 6.92 Å². The van der Waals surface area contributed by atoms with E-state index in [9.17, 15) is 9.18 Å². The van der Waals surface area contributed by atoms with Gasteiger partial charge in [0.15, 0.2) is 0 Å². The highest BCUT2D eigenvalue weighted by Gasteiger charge is 2.30. The molecule has 6 heteroatoms. The van der Waals surface area contributed by atoms with Gasteiger partial charge in [-0.3, -0.25) is 4.79 Å². The Balaban J connectivity index is 1.80. The third-order valence-corrected chi connectivity index (χ3v) is 4.26. The lowest BCUT2D eigenvalue weighted by molar-refractivity contribution is 0.0757. The van der Waals surface area contributed by atoms with E-state index in [1.807, 2.05) is 6.07 Å². The van der Waals surface area contributed by atoms with Crippen LogP contribution in [0.2, 0.25) is 0 Å². The number of fused-ring (bicyclic) bond motifs is 1. The summed E-state index contributed by atoms with van der Waals surface area (Å²) >= 11 is 0. The van der Waals surface area contributed by atoms with E-state index in [4.69, 9.17) is 4.52 Å². The van der Waals surface area contributed by atoms with Gasteiger partial charge in [0, 0.05) is 18.2 Å². The quantitative estimate of drug-likeness (QED) is 0.855. The van der Waals surface area contributed by atoms with E-state index in [2.05, 4.69) is 10.1 Å². The number of nitrogens with zero attached hydrogens (tertiary/aromatic N) is 3. The fraction of sp³-hybridized carbons (Fsp3) is 0.438. The Kier molecular flexibility index (Phi) is 2.99. The summed E-state index contributed by atoms with van der Waals surface area (Å²) in [6, 6.07) is 1.84. The first-order chi connectivity index (χ1) is 10.6. The Bertz CT molecular complexity index is 792. The predicted octanol–water partition coefficient (Wildman–Crippen LogP) is 3.11. The van der Waals surface area contributed by atoms with Gasteiger partial charge in [0.05, 0.1) is 23.2 Å². The highest BCUT2D eigenvalue weighted by Crippen LogP contribution is 2.40. The van der Waals surface area contributed by atoms with Crippen molar-refractivity contribution in [1.29, 1.82) is 0 Å². The third-order valence-electron chi connectivity index (χ3n) is 4.26. The van der Waals surface area contributed by atoms with Gasteiger partial charge in [-0.1, -0.05) is 5.16 Å². The number of aryl methyl sites for hydroxylation is 1. The molecule has 0 bridgehead atoms. The first-order valence-corrected chi connectivity index (χ1v) is 7.54. The number of rotatable bonds is 2. The van der Waals surface area contributed by atoms with Crippen LogP contribution in [-0.2, 0) is 0 Å². The second-order valence-electron chi connectivity index (χ2n) is 5.98. The molecule has 1 saturated carbocycles. The largest absolute Gasteiger partial charge is 0.336 e. The molecule has 0 N–H and O–H groups in total. The number of carbonyl (C=O) groups excluding carboxylic acids is 1. The first kappa shape index (κ1) is 13.4. The van der Waals surface area contributed by atoms with E-state index in [0.717, 1.165) is 18.5 Å². The zero-order chi connectivity index (χ0) is 15.3. The van der Waals surface area contributed by atoms with Gasteiger partial charge in [-0.15, -0.1) is 0 Å². The third kappa shape index (κ3) is 2.19. The Morgan fingerprint density at radius 3 is 3.00 bits per heavy atom. The lowest BCUT2D eigenvalue weighted by Gasteiger charge is -2.25. The van der Waals surface area contributed by atoms with Gasteiger partial charge in [0.2, 0.25) is 0 Å². The van der Waals surface area contributed by atoms with E-state index >= 15 is 0 Å². The minimum atomic E-state index is -0.255. The van der Waals surface area contributed by atoms with E-state index in [1.54, 1.807) is 6.92 Å². The van der Waals surface area contributed by atoms with Gasteiger partial charge in [0.25, 0.3) is 11.6 Å². The van der Waals surface area contributed by atoms with E-state index in [-0.39, 0.29) is 18.3 Å². The number of aromatic nitrogens is 2.